The largest absolute Gasteiger partial charge is 0.497 e. The third-order valence-corrected chi connectivity index (χ3v) is 6.36. The molecule has 0 saturated heterocycles. The molecule has 0 saturated carbocycles. The highest BCUT2D eigenvalue weighted by Crippen LogP contribution is 2.38. The molecule has 5 rings (SSSR count). The van der Waals surface area contributed by atoms with Gasteiger partial charge in [-0.3, -0.25) is 0 Å². The quantitative estimate of drug-likeness (QED) is 0.348. The number of ether oxygens (including phenoxy) is 1. The maximum Gasteiger partial charge on any atom is 0.258 e. The SMILES string of the molecule is COc1ccc(-c2noc(C3=C(C)N(Cc4ccccc4F)C(=S)NC3c3ccccc3)n2)cc1. The van der Waals surface area contributed by atoms with E-state index in [2.05, 4.69) is 10.5 Å². The van der Waals surface area contributed by atoms with Crippen molar-refractivity contribution in [3.63, 3.8) is 0 Å². The normalized spacial score (nSPS) is 15.8. The number of methoxy groups -OCH3 is 1. The molecule has 0 aliphatic carbocycles. The number of nitrogens with one attached hydrogen (secondary N) is 1. The number of benzene rings is 3. The molecule has 1 N–H and O–H groups in total. The van der Waals surface area contributed by atoms with E-state index in [0.29, 0.717) is 22.4 Å². The van der Waals surface area contributed by atoms with Crippen LogP contribution in [-0.2, 0) is 6.54 Å². The molecule has 176 valence electrons. The van der Waals surface area contributed by atoms with E-state index in [1.54, 1.807) is 19.2 Å². The van der Waals surface area contributed by atoms with Crippen molar-refractivity contribution in [2.75, 3.05) is 7.11 Å². The van der Waals surface area contributed by atoms with Crippen LogP contribution < -0.4 is 10.1 Å². The second-order valence-corrected chi connectivity index (χ2v) is 8.51. The Kier molecular flexibility index (Phi) is 6.29. The number of nitrogens with zero attached hydrogens (tertiary/aromatic N) is 3. The summed E-state index contributed by atoms with van der Waals surface area (Å²) in [5.74, 6) is 1.29. The molecule has 0 bridgehead atoms. The van der Waals surface area contributed by atoms with Crippen molar-refractivity contribution >= 4 is 22.9 Å². The first-order valence-electron chi connectivity index (χ1n) is 11.1. The fourth-order valence-corrected chi connectivity index (χ4v) is 4.45. The summed E-state index contributed by atoms with van der Waals surface area (Å²) in [5, 5.41) is 8.12. The molecule has 4 aromatic rings. The first-order chi connectivity index (χ1) is 17.0. The van der Waals surface area contributed by atoms with E-state index in [1.807, 2.05) is 72.5 Å². The van der Waals surface area contributed by atoms with Crippen molar-refractivity contribution in [1.82, 2.24) is 20.4 Å². The second kappa shape index (κ2) is 9.68. The van der Waals surface area contributed by atoms with Crippen molar-refractivity contribution in [2.45, 2.75) is 19.5 Å². The lowest BCUT2D eigenvalue weighted by molar-refractivity contribution is 0.395. The standard InChI is InChI=1S/C27H23FN4O2S/c1-17-23(26-30-25(31-34-26)19-12-14-21(33-2)15-13-19)24(18-8-4-3-5-9-18)29-27(35)32(17)16-20-10-6-7-11-22(20)28/h3-15,24H,16H2,1-2H3,(H,29,35). The smallest absolute Gasteiger partial charge is 0.258 e. The van der Waals surface area contributed by atoms with Crippen molar-refractivity contribution in [3.05, 3.63) is 107 Å². The van der Waals surface area contributed by atoms with E-state index in [4.69, 9.17) is 26.5 Å². The molecule has 0 fully saturated rings. The van der Waals surface area contributed by atoms with E-state index in [1.165, 1.54) is 6.07 Å². The maximum atomic E-state index is 14.4. The number of rotatable bonds is 6. The van der Waals surface area contributed by atoms with E-state index >= 15 is 0 Å². The summed E-state index contributed by atoms with van der Waals surface area (Å²) >= 11 is 5.71. The zero-order valence-electron chi connectivity index (χ0n) is 19.2. The van der Waals surface area contributed by atoms with Gasteiger partial charge in [-0.1, -0.05) is 53.7 Å². The number of halogens is 1. The molecular formula is C27H23FN4O2S. The summed E-state index contributed by atoms with van der Waals surface area (Å²) < 4.78 is 25.4. The maximum absolute atomic E-state index is 14.4. The molecule has 3 aromatic carbocycles. The molecule has 35 heavy (non-hydrogen) atoms. The van der Waals surface area contributed by atoms with Gasteiger partial charge in [0.05, 0.1) is 25.3 Å². The van der Waals surface area contributed by atoms with Crippen LogP contribution in [0.4, 0.5) is 4.39 Å². The van der Waals surface area contributed by atoms with E-state index < -0.39 is 0 Å². The number of hydrogen-bond donors (Lipinski definition) is 1. The highest BCUT2D eigenvalue weighted by atomic mass is 32.1. The van der Waals surface area contributed by atoms with Crippen LogP contribution >= 0.6 is 12.2 Å². The molecular weight excluding hydrogens is 463 g/mol. The second-order valence-electron chi connectivity index (χ2n) is 8.12. The zero-order valence-corrected chi connectivity index (χ0v) is 20.1. The topological polar surface area (TPSA) is 63.4 Å². The van der Waals surface area contributed by atoms with Gasteiger partial charge in [0.25, 0.3) is 5.89 Å². The molecule has 1 aromatic heterocycles. The summed E-state index contributed by atoms with van der Waals surface area (Å²) in [5.41, 5.74) is 3.94. The Hall–Kier alpha value is -4.04. The van der Waals surface area contributed by atoms with Crippen molar-refractivity contribution in [3.8, 4) is 17.1 Å². The number of thiocarbonyl (C=S) groups is 1. The van der Waals surface area contributed by atoms with Crippen molar-refractivity contribution < 1.29 is 13.7 Å². The van der Waals surface area contributed by atoms with Gasteiger partial charge in [0.15, 0.2) is 5.11 Å². The van der Waals surface area contributed by atoms with Gasteiger partial charge in [-0.15, -0.1) is 0 Å². The van der Waals surface area contributed by atoms with Gasteiger partial charge in [-0.25, -0.2) is 4.39 Å². The van der Waals surface area contributed by atoms with Crippen molar-refractivity contribution in [2.24, 2.45) is 0 Å². The van der Waals surface area contributed by atoms with Gasteiger partial charge in [0.1, 0.15) is 11.6 Å². The lowest BCUT2D eigenvalue weighted by Gasteiger charge is -2.37. The fraction of sp³-hybridized carbons (Fsp3) is 0.148. The average molecular weight is 487 g/mol. The van der Waals surface area contributed by atoms with Crippen LogP contribution in [0.5, 0.6) is 5.75 Å². The minimum absolute atomic E-state index is 0.273. The fourth-order valence-electron chi connectivity index (χ4n) is 4.13. The Morgan fingerprint density at radius 2 is 1.74 bits per heavy atom. The Balaban J connectivity index is 1.58. The summed E-state index contributed by atoms with van der Waals surface area (Å²) in [6, 6.07) is 23.7. The van der Waals surface area contributed by atoms with Crippen LogP contribution in [0, 0.1) is 5.82 Å². The molecule has 2 heterocycles. The summed E-state index contributed by atoms with van der Waals surface area (Å²) in [6.45, 7) is 2.21. The summed E-state index contributed by atoms with van der Waals surface area (Å²) in [4.78, 5) is 6.57. The van der Waals surface area contributed by atoms with Crippen LogP contribution in [0.1, 0.15) is 30.0 Å². The van der Waals surface area contributed by atoms with Gasteiger partial charge < -0.3 is 19.5 Å². The molecule has 6 nitrogen and oxygen atoms in total. The molecule has 0 radical (unpaired) electrons. The van der Waals surface area contributed by atoms with Crippen LogP contribution in [0.25, 0.3) is 17.0 Å². The van der Waals surface area contributed by atoms with Gasteiger partial charge in [-0.2, -0.15) is 4.98 Å². The number of aromatic nitrogens is 2. The summed E-state index contributed by atoms with van der Waals surface area (Å²) in [6.07, 6.45) is 0. The first kappa shape index (κ1) is 22.7. The van der Waals surface area contributed by atoms with E-state index in [-0.39, 0.29) is 18.4 Å². The Morgan fingerprint density at radius 3 is 2.46 bits per heavy atom. The van der Waals surface area contributed by atoms with Crippen molar-refractivity contribution in [1.29, 1.82) is 0 Å². The van der Waals surface area contributed by atoms with Crippen LogP contribution in [-0.4, -0.2) is 27.3 Å². The minimum atomic E-state index is -0.301. The highest BCUT2D eigenvalue weighted by molar-refractivity contribution is 7.80. The van der Waals surface area contributed by atoms with Gasteiger partial charge in [0.2, 0.25) is 5.82 Å². The molecule has 0 amide bonds. The molecule has 1 aliphatic rings. The Morgan fingerprint density at radius 1 is 1.03 bits per heavy atom. The predicted molar refractivity (Wildman–Crippen MR) is 136 cm³/mol. The predicted octanol–water partition coefficient (Wildman–Crippen LogP) is 5.75. The molecule has 0 spiro atoms. The molecule has 8 heteroatoms. The monoisotopic (exact) mass is 486 g/mol. The zero-order chi connectivity index (χ0) is 24.4. The first-order valence-corrected chi connectivity index (χ1v) is 11.5. The third-order valence-electron chi connectivity index (χ3n) is 6.02. The number of hydrogen-bond acceptors (Lipinski definition) is 5. The Labute approximate surface area is 208 Å². The Bertz CT molecular complexity index is 1390. The summed E-state index contributed by atoms with van der Waals surface area (Å²) in [7, 11) is 1.62. The minimum Gasteiger partial charge on any atom is -0.497 e. The van der Waals surface area contributed by atoms with Gasteiger partial charge >= 0.3 is 0 Å². The molecule has 1 aliphatic heterocycles. The van der Waals surface area contributed by atoms with Crippen LogP contribution in [0.3, 0.4) is 0 Å². The number of allylic oxidation sites excluding steroid dienone is 1. The van der Waals surface area contributed by atoms with Gasteiger partial charge in [-0.05, 0) is 55.0 Å². The molecule has 1 atom stereocenters. The lowest BCUT2D eigenvalue weighted by atomic mass is 9.94. The third kappa shape index (κ3) is 4.52. The highest BCUT2D eigenvalue weighted by Gasteiger charge is 2.34. The lowest BCUT2D eigenvalue weighted by Crippen LogP contribution is -2.45. The molecule has 1 unspecified atom stereocenters. The van der Waals surface area contributed by atoms with Gasteiger partial charge in [0, 0.05) is 16.8 Å². The van der Waals surface area contributed by atoms with E-state index in [0.717, 1.165) is 28.1 Å². The van der Waals surface area contributed by atoms with Crippen LogP contribution in [0.15, 0.2) is 89.1 Å². The van der Waals surface area contributed by atoms with E-state index in [9.17, 15) is 4.39 Å². The van der Waals surface area contributed by atoms with Crippen LogP contribution in [0.2, 0.25) is 0 Å². The average Bonchev–Trinajstić information content (AvgIpc) is 3.37.